The third-order valence-corrected chi connectivity index (χ3v) is 5.61. The Morgan fingerprint density at radius 3 is 2.52 bits per heavy atom. The van der Waals surface area contributed by atoms with Gasteiger partial charge in [-0.3, -0.25) is 4.79 Å². The molecule has 2 aliphatic rings. The van der Waals surface area contributed by atoms with E-state index in [-0.39, 0.29) is 19.4 Å². The van der Waals surface area contributed by atoms with Crippen molar-refractivity contribution in [3.63, 3.8) is 0 Å². The van der Waals surface area contributed by atoms with Gasteiger partial charge in [-0.1, -0.05) is 19.6 Å². The van der Waals surface area contributed by atoms with Crippen LogP contribution in [0.15, 0.2) is 48.5 Å². The summed E-state index contributed by atoms with van der Waals surface area (Å²) in [5.41, 5.74) is 7.66. The van der Waals surface area contributed by atoms with Crippen LogP contribution < -0.4 is 15.8 Å². The molecule has 1 saturated heterocycles. The molecule has 29 heavy (non-hydrogen) atoms. The quantitative estimate of drug-likeness (QED) is 0.690. The number of carbonyl (C=O) groups excluding carboxylic acids is 1. The third kappa shape index (κ3) is 5.97. The van der Waals surface area contributed by atoms with Crippen molar-refractivity contribution in [2.24, 2.45) is 5.92 Å². The number of hydrogen-bond acceptors (Lipinski definition) is 4. The van der Waals surface area contributed by atoms with Gasteiger partial charge in [-0.05, 0) is 81.0 Å². The van der Waals surface area contributed by atoms with Gasteiger partial charge in [0, 0.05) is 18.7 Å². The van der Waals surface area contributed by atoms with Gasteiger partial charge >= 0.3 is 0 Å². The van der Waals surface area contributed by atoms with Crippen LogP contribution in [-0.2, 0) is 0 Å². The maximum absolute atomic E-state index is 12.4. The first-order valence-corrected chi connectivity index (χ1v) is 10.3. The summed E-state index contributed by atoms with van der Waals surface area (Å²) in [7, 11) is 0. The van der Waals surface area contributed by atoms with Crippen molar-refractivity contribution in [3.05, 3.63) is 54.1 Å². The van der Waals surface area contributed by atoms with E-state index in [9.17, 15) is 4.79 Å². The van der Waals surface area contributed by atoms with Crippen LogP contribution in [0.25, 0.3) is 0 Å². The molecule has 156 valence electrons. The minimum Gasteiger partial charge on any atom is -0.490 e. The van der Waals surface area contributed by atoms with Crippen molar-refractivity contribution in [2.45, 2.75) is 45.6 Å². The summed E-state index contributed by atoms with van der Waals surface area (Å²) in [4.78, 5) is 15.0. The fraction of sp³-hybridized carbons (Fsp3) is 0.458. The number of nitrogens with two attached hydrogens (primary N) is 1. The summed E-state index contributed by atoms with van der Waals surface area (Å²) in [6.45, 7) is 3.58. The zero-order chi connectivity index (χ0) is 19.3. The van der Waals surface area contributed by atoms with Crippen molar-refractivity contribution in [2.75, 3.05) is 30.7 Å². The molecular weight excluding hydrogens is 362 g/mol. The van der Waals surface area contributed by atoms with Crippen molar-refractivity contribution in [1.29, 1.82) is 0 Å². The number of amides is 1. The first-order valence-electron chi connectivity index (χ1n) is 10.3. The zero-order valence-electron chi connectivity index (χ0n) is 16.3. The fourth-order valence-electron chi connectivity index (χ4n) is 3.77. The second-order valence-electron chi connectivity index (χ2n) is 7.98. The molecule has 0 unspecified atom stereocenters. The van der Waals surface area contributed by atoms with Crippen LogP contribution in [0.1, 0.15) is 49.9 Å². The number of nitrogen functional groups attached to an aromatic ring is 1. The van der Waals surface area contributed by atoms with E-state index in [2.05, 4.69) is 10.2 Å². The lowest BCUT2D eigenvalue weighted by atomic mass is 10.1. The Hall–Kier alpha value is -2.53. The number of para-hydroxylation sites is 2. The van der Waals surface area contributed by atoms with Crippen molar-refractivity contribution < 1.29 is 9.53 Å². The lowest BCUT2D eigenvalue weighted by molar-refractivity contribution is 0.102. The van der Waals surface area contributed by atoms with Gasteiger partial charge < -0.3 is 20.7 Å². The molecular formula is C24H33N3O2. The smallest absolute Gasteiger partial charge is 0.255 e. The van der Waals surface area contributed by atoms with Crippen LogP contribution >= 0.6 is 0 Å². The Balaban J connectivity index is 0.00000240. The number of likely N-dealkylation sites (tertiary alicyclic amines) is 1. The molecule has 1 aliphatic carbocycles. The summed E-state index contributed by atoms with van der Waals surface area (Å²) in [5, 5.41) is 2.85. The Kier molecular flexibility index (Phi) is 7.15. The van der Waals surface area contributed by atoms with Crippen molar-refractivity contribution >= 4 is 17.3 Å². The molecule has 5 nitrogen and oxygen atoms in total. The van der Waals surface area contributed by atoms with Gasteiger partial charge in [0.2, 0.25) is 0 Å². The number of anilines is 2. The summed E-state index contributed by atoms with van der Waals surface area (Å²) >= 11 is 0. The van der Waals surface area contributed by atoms with Crippen LogP contribution in [0.3, 0.4) is 0 Å². The molecule has 5 heteroatoms. The molecule has 2 aromatic carbocycles. The van der Waals surface area contributed by atoms with Crippen molar-refractivity contribution in [3.8, 4) is 5.75 Å². The predicted molar refractivity (Wildman–Crippen MR) is 119 cm³/mol. The zero-order valence-corrected chi connectivity index (χ0v) is 16.3. The number of nitrogens with one attached hydrogen (secondary N) is 1. The summed E-state index contributed by atoms with van der Waals surface area (Å²) in [6, 6.07) is 14.6. The highest BCUT2D eigenvalue weighted by atomic mass is 16.5. The number of carbonyl (C=O) groups is 1. The Bertz CT molecular complexity index is 802. The molecule has 2 aromatic rings. The van der Waals surface area contributed by atoms with Gasteiger partial charge in [-0.15, -0.1) is 0 Å². The Morgan fingerprint density at radius 2 is 1.79 bits per heavy atom. The molecule has 0 radical (unpaired) electrons. The van der Waals surface area contributed by atoms with Gasteiger partial charge in [-0.25, -0.2) is 0 Å². The van der Waals surface area contributed by atoms with E-state index >= 15 is 0 Å². The van der Waals surface area contributed by atoms with E-state index in [1.807, 2.05) is 24.3 Å². The first kappa shape index (κ1) is 21.2. The maximum Gasteiger partial charge on any atom is 0.255 e. The first-order chi connectivity index (χ1) is 13.7. The number of nitrogens with zero attached hydrogens (tertiary/aromatic N) is 1. The SMILES string of the molecule is C.Nc1ccccc1NC(=O)c1ccc(O[C@H]2CCCN(CC3CC3)CC2)cc1. The highest BCUT2D eigenvalue weighted by Gasteiger charge is 2.26. The van der Waals surface area contributed by atoms with Gasteiger partial charge in [-0.2, -0.15) is 0 Å². The van der Waals surface area contributed by atoms with E-state index in [1.165, 1.54) is 32.4 Å². The normalized spacial score (nSPS) is 19.7. The second kappa shape index (κ2) is 9.79. The minimum atomic E-state index is -0.172. The summed E-state index contributed by atoms with van der Waals surface area (Å²) in [5.74, 6) is 1.61. The minimum absolute atomic E-state index is 0. The number of benzene rings is 2. The van der Waals surface area contributed by atoms with Crippen LogP contribution in [0.4, 0.5) is 11.4 Å². The number of ether oxygens (including phenoxy) is 1. The average molecular weight is 396 g/mol. The van der Waals surface area contributed by atoms with Gasteiger partial charge in [0.05, 0.1) is 17.5 Å². The number of hydrogen-bond donors (Lipinski definition) is 2. The van der Waals surface area contributed by atoms with E-state index in [1.54, 1.807) is 24.3 Å². The lowest BCUT2D eigenvalue weighted by Gasteiger charge is -2.20. The van der Waals surface area contributed by atoms with E-state index in [0.29, 0.717) is 16.9 Å². The van der Waals surface area contributed by atoms with Crippen LogP contribution in [0.2, 0.25) is 0 Å². The molecule has 1 heterocycles. The molecule has 3 N–H and O–H groups in total. The maximum atomic E-state index is 12.4. The molecule has 1 aliphatic heterocycles. The molecule has 4 rings (SSSR count). The molecule has 1 atom stereocenters. The predicted octanol–water partition coefficient (Wildman–Crippen LogP) is 4.80. The van der Waals surface area contributed by atoms with Gasteiger partial charge in [0.1, 0.15) is 5.75 Å². The lowest BCUT2D eigenvalue weighted by Crippen LogP contribution is -2.28. The Labute approximate surface area is 174 Å². The van der Waals surface area contributed by atoms with Crippen molar-refractivity contribution in [1.82, 2.24) is 4.90 Å². The van der Waals surface area contributed by atoms with Crippen LogP contribution in [0.5, 0.6) is 5.75 Å². The van der Waals surface area contributed by atoms with E-state index in [4.69, 9.17) is 10.5 Å². The molecule has 1 amide bonds. The van der Waals surface area contributed by atoms with E-state index < -0.39 is 0 Å². The Morgan fingerprint density at radius 1 is 1.03 bits per heavy atom. The monoisotopic (exact) mass is 395 g/mol. The standard InChI is InChI=1S/C23H29N3O2.CH4/c24-21-5-1-2-6-22(21)25-23(27)18-9-11-20(12-10-18)28-19-4-3-14-26(15-13-19)16-17-7-8-17;/h1-2,5-6,9-12,17,19H,3-4,7-8,13-16,24H2,(H,25,27);1H4/t19-;/m0./s1. The molecule has 1 saturated carbocycles. The molecule has 0 bridgehead atoms. The summed E-state index contributed by atoms with van der Waals surface area (Å²) < 4.78 is 6.20. The third-order valence-electron chi connectivity index (χ3n) is 5.61. The van der Waals surface area contributed by atoms with Crippen LogP contribution in [-0.4, -0.2) is 36.5 Å². The van der Waals surface area contributed by atoms with E-state index in [0.717, 1.165) is 31.1 Å². The van der Waals surface area contributed by atoms with Gasteiger partial charge in [0.25, 0.3) is 5.91 Å². The average Bonchev–Trinajstić information content (AvgIpc) is 3.53. The summed E-state index contributed by atoms with van der Waals surface area (Å²) in [6.07, 6.45) is 6.43. The highest BCUT2D eigenvalue weighted by molar-refractivity contribution is 6.05. The van der Waals surface area contributed by atoms with Gasteiger partial charge in [0.15, 0.2) is 0 Å². The fourth-order valence-corrected chi connectivity index (χ4v) is 3.77. The highest BCUT2D eigenvalue weighted by Crippen LogP contribution is 2.30. The largest absolute Gasteiger partial charge is 0.490 e. The second-order valence-corrected chi connectivity index (χ2v) is 7.98. The topological polar surface area (TPSA) is 67.6 Å². The number of rotatable bonds is 6. The molecule has 0 spiro atoms. The van der Waals surface area contributed by atoms with Crippen LogP contribution in [0, 0.1) is 5.92 Å². The molecule has 2 fully saturated rings. The molecule has 0 aromatic heterocycles.